The molecule has 0 radical (unpaired) electrons. The van der Waals surface area contributed by atoms with Crippen molar-refractivity contribution < 1.29 is 0 Å². The van der Waals surface area contributed by atoms with E-state index in [0.717, 1.165) is 11.4 Å². The van der Waals surface area contributed by atoms with E-state index in [2.05, 4.69) is 10.1 Å². The van der Waals surface area contributed by atoms with Gasteiger partial charge in [0.1, 0.15) is 5.82 Å². The second-order valence-electron chi connectivity index (χ2n) is 2.62. The minimum absolute atomic E-state index is 0.906. The fourth-order valence-electron chi connectivity index (χ4n) is 0.824. The van der Waals surface area contributed by atoms with Crippen molar-refractivity contribution in [2.24, 2.45) is 10.9 Å². The molecule has 0 amide bonds. The third-order valence-electron chi connectivity index (χ3n) is 1.45. The third-order valence-corrected chi connectivity index (χ3v) is 1.45. The van der Waals surface area contributed by atoms with Crippen molar-refractivity contribution in [3.63, 3.8) is 0 Å². The Hall–Kier alpha value is -1.58. The molecule has 4 heteroatoms. The largest absolute Gasteiger partial charge is 0.363 e. The molecule has 12 heavy (non-hydrogen) atoms. The second kappa shape index (κ2) is 3.71. The van der Waals surface area contributed by atoms with Crippen LogP contribution in [0.3, 0.4) is 0 Å². The smallest absolute Gasteiger partial charge is 0.127 e. The summed E-state index contributed by atoms with van der Waals surface area (Å²) < 4.78 is 0. The molecule has 0 atom stereocenters. The van der Waals surface area contributed by atoms with Crippen molar-refractivity contribution >= 4 is 12.0 Å². The minimum atomic E-state index is 0.906. The Kier molecular flexibility index (Phi) is 2.63. The topological polar surface area (TPSA) is 54.5 Å². The Balaban J connectivity index is 2.85. The molecule has 1 aromatic rings. The lowest BCUT2D eigenvalue weighted by Gasteiger charge is -2.09. The average molecular weight is 164 g/mol. The van der Waals surface area contributed by atoms with Crippen LogP contribution in [-0.4, -0.2) is 25.3 Å². The van der Waals surface area contributed by atoms with Gasteiger partial charge in [0, 0.05) is 25.9 Å². The molecule has 1 aromatic heterocycles. The van der Waals surface area contributed by atoms with E-state index >= 15 is 0 Å². The number of hydrogen-bond acceptors (Lipinski definition) is 4. The van der Waals surface area contributed by atoms with Gasteiger partial charge in [-0.15, -0.1) is 0 Å². The van der Waals surface area contributed by atoms with E-state index in [1.807, 2.05) is 31.1 Å². The molecule has 0 bridgehead atoms. The Labute approximate surface area is 71.7 Å². The highest BCUT2D eigenvalue weighted by atomic mass is 15.1. The van der Waals surface area contributed by atoms with Gasteiger partial charge in [-0.25, -0.2) is 4.98 Å². The summed E-state index contributed by atoms with van der Waals surface area (Å²) in [6.07, 6.45) is 3.29. The molecule has 64 valence electrons. The van der Waals surface area contributed by atoms with Crippen LogP contribution >= 0.6 is 0 Å². The molecule has 0 saturated carbocycles. The first kappa shape index (κ1) is 8.52. The fourth-order valence-corrected chi connectivity index (χ4v) is 0.824. The molecule has 0 saturated heterocycles. The van der Waals surface area contributed by atoms with Crippen LogP contribution in [0.15, 0.2) is 23.4 Å². The van der Waals surface area contributed by atoms with Gasteiger partial charge in [0.2, 0.25) is 0 Å². The van der Waals surface area contributed by atoms with Crippen molar-refractivity contribution in [1.82, 2.24) is 4.98 Å². The highest BCUT2D eigenvalue weighted by molar-refractivity contribution is 5.79. The van der Waals surface area contributed by atoms with Gasteiger partial charge in [-0.3, -0.25) is 0 Å². The molecule has 0 aromatic carbocycles. The van der Waals surface area contributed by atoms with Crippen LogP contribution in [0, 0.1) is 0 Å². The number of anilines is 1. The van der Waals surface area contributed by atoms with E-state index in [1.165, 1.54) is 0 Å². The van der Waals surface area contributed by atoms with Gasteiger partial charge < -0.3 is 10.7 Å². The predicted molar refractivity (Wildman–Crippen MR) is 50.3 cm³/mol. The third kappa shape index (κ3) is 1.95. The predicted octanol–water partition coefficient (Wildman–Crippen LogP) is 0.440. The standard InChI is InChI=1S/C8H12N4/c1-12(2)8-4-3-7(5-10-8)6-11-9/h3-6H,9H2,1-2H3/b11-6+. The van der Waals surface area contributed by atoms with Gasteiger partial charge in [-0.1, -0.05) is 0 Å². The normalized spacial score (nSPS) is 10.5. The molecular weight excluding hydrogens is 152 g/mol. The van der Waals surface area contributed by atoms with Gasteiger partial charge in [0.25, 0.3) is 0 Å². The van der Waals surface area contributed by atoms with Crippen LogP contribution in [0.2, 0.25) is 0 Å². The summed E-state index contributed by atoms with van der Waals surface area (Å²) in [5.74, 6) is 5.91. The van der Waals surface area contributed by atoms with Gasteiger partial charge in [0.05, 0.1) is 6.21 Å². The van der Waals surface area contributed by atoms with Gasteiger partial charge in [0.15, 0.2) is 0 Å². The molecular formula is C8H12N4. The molecule has 4 nitrogen and oxygen atoms in total. The molecule has 0 fully saturated rings. The molecule has 1 heterocycles. The molecule has 1 rings (SSSR count). The minimum Gasteiger partial charge on any atom is -0.363 e. The number of rotatable bonds is 2. The van der Waals surface area contributed by atoms with Crippen molar-refractivity contribution in [2.75, 3.05) is 19.0 Å². The van der Waals surface area contributed by atoms with Gasteiger partial charge in [-0.05, 0) is 12.1 Å². The van der Waals surface area contributed by atoms with Crippen LogP contribution in [0.1, 0.15) is 5.56 Å². The number of aromatic nitrogens is 1. The average Bonchev–Trinajstić information content (AvgIpc) is 2.06. The molecule has 0 aliphatic rings. The Bertz CT molecular complexity index is 263. The van der Waals surface area contributed by atoms with Gasteiger partial charge in [-0.2, -0.15) is 5.10 Å². The van der Waals surface area contributed by atoms with Crippen LogP contribution in [0.25, 0.3) is 0 Å². The van der Waals surface area contributed by atoms with E-state index < -0.39 is 0 Å². The lowest BCUT2D eigenvalue weighted by molar-refractivity contribution is 1.07. The lowest BCUT2D eigenvalue weighted by Crippen LogP contribution is -2.10. The summed E-state index contributed by atoms with van der Waals surface area (Å²) in [5, 5.41) is 3.40. The first-order valence-corrected chi connectivity index (χ1v) is 3.60. The number of nitrogens with two attached hydrogens (primary N) is 1. The molecule has 0 aliphatic carbocycles. The first-order chi connectivity index (χ1) is 5.74. The molecule has 0 unspecified atom stereocenters. The van der Waals surface area contributed by atoms with E-state index in [-0.39, 0.29) is 0 Å². The summed E-state index contributed by atoms with van der Waals surface area (Å²) in [6, 6.07) is 3.83. The highest BCUT2D eigenvalue weighted by Crippen LogP contribution is 2.05. The maximum atomic E-state index is 4.99. The van der Waals surface area contributed by atoms with Crippen molar-refractivity contribution in [1.29, 1.82) is 0 Å². The Morgan fingerprint density at radius 2 is 2.25 bits per heavy atom. The van der Waals surface area contributed by atoms with Crippen LogP contribution in [0.5, 0.6) is 0 Å². The zero-order valence-electron chi connectivity index (χ0n) is 7.23. The van der Waals surface area contributed by atoms with Crippen LogP contribution < -0.4 is 10.7 Å². The summed E-state index contributed by atoms with van der Waals surface area (Å²) in [4.78, 5) is 6.11. The first-order valence-electron chi connectivity index (χ1n) is 3.60. The lowest BCUT2D eigenvalue weighted by atomic mass is 10.3. The molecule has 0 aliphatic heterocycles. The van der Waals surface area contributed by atoms with E-state index in [0.29, 0.717) is 0 Å². The SMILES string of the molecule is CN(C)c1ccc(/C=N/N)cn1. The van der Waals surface area contributed by atoms with Gasteiger partial charge >= 0.3 is 0 Å². The summed E-state index contributed by atoms with van der Waals surface area (Å²) in [7, 11) is 3.89. The van der Waals surface area contributed by atoms with E-state index in [9.17, 15) is 0 Å². The number of pyridine rings is 1. The van der Waals surface area contributed by atoms with E-state index in [1.54, 1.807) is 12.4 Å². The number of hydrazone groups is 1. The monoisotopic (exact) mass is 164 g/mol. The van der Waals surface area contributed by atoms with Crippen molar-refractivity contribution in [2.45, 2.75) is 0 Å². The quantitative estimate of drug-likeness (QED) is 0.392. The highest BCUT2D eigenvalue weighted by Gasteiger charge is 1.94. The Morgan fingerprint density at radius 3 is 2.67 bits per heavy atom. The number of nitrogens with zero attached hydrogens (tertiary/aromatic N) is 3. The van der Waals surface area contributed by atoms with Crippen LogP contribution in [-0.2, 0) is 0 Å². The zero-order valence-corrected chi connectivity index (χ0v) is 7.23. The molecule has 2 N–H and O–H groups in total. The van der Waals surface area contributed by atoms with Crippen molar-refractivity contribution in [3.8, 4) is 0 Å². The summed E-state index contributed by atoms with van der Waals surface area (Å²) in [5.41, 5.74) is 0.906. The van der Waals surface area contributed by atoms with E-state index in [4.69, 9.17) is 5.84 Å². The maximum Gasteiger partial charge on any atom is 0.127 e. The number of hydrogen-bond donors (Lipinski definition) is 1. The fraction of sp³-hybridized carbons (Fsp3) is 0.250. The molecule has 0 spiro atoms. The summed E-state index contributed by atoms with van der Waals surface area (Å²) in [6.45, 7) is 0. The zero-order chi connectivity index (χ0) is 8.97. The maximum absolute atomic E-state index is 4.99. The second-order valence-corrected chi connectivity index (χ2v) is 2.62. The van der Waals surface area contributed by atoms with Crippen LogP contribution in [0.4, 0.5) is 5.82 Å². The Morgan fingerprint density at radius 1 is 1.50 bits per heavy atom. The van der Waals surface area contributed by atoms with Crippen molar-refractivity contribution in [3.05, 3.63) is 23.9 Å². The summed E-state index contributed by atoms with van der Waals surface area (Å²) >= 11 is 0.